The van der Waals surface area contributed by atoms with Crippen molar-refractivity contribution < 1.29 is 23.8 Å². The molecule has 0 atom stereocenters. The van der Waals surface area contributed by atoms with Crippen molar-refractivity contribution in [3.63, 3.8) is 0 Å². The molecule has 16 heavy (non-hydrogen) atoms. The second kappa shape index (κ2) is 5.79. The van der Waals surface area contributed by atoms with Gasteiger partial charge in [0, 0.05) is 0 Å². The van der Waals surface area contributed by atoms with Gasteiger partial charge >= 0.3 is 18.0 Å². The molecule has 0 bridgehead atoms. The first-order valence-electron chi connectivity index (χ1n) is 4.78. The molecule has 1 rings (SSSR count). The van der Waals surface area contributed by atoms with Gasteiger partial charge in [0.25, 0.3) is 0 Å². The van der Waals surface area contributed by atoms with E-state index in [1.54, 1.807) is 6.92 Å². The molecule has 6 nitrogen and oxygen atoms in total. The molecule has 0 fully saturated rings. The summed E-state index contributed by atoms with van der Waals surface area (Å²) in [5, 5.41) is 2.38. The summed E-state index contributed by atoms with van der Waals surface area (Å²) in [4.78, 5) is 22.2. The molecule has 1 aliphatic heterocycles. The zero-order valence-electron chi connectivity index (χ0n) is 8.95. The van der Waals surface area contributed by atoms with Crippen LogP contribution in [0.15, 0.2) is 24.3 Å². The lowest BCUT2D eigenvalue weighted by Gasteiger charge is -2.06. The number of hydrogen-bond donors (Lipinski definition) is 1. The summed E-state index contributed by atoms with van der Waals surface area (Å²) in [5.41, 5.74) is 0.279. The zero-order valence-corrected chi connectivity index (χ0v) is 8.95. The van der Waals surface area contributed by atoms with Crippen LogP contribution in [0.4, 0.5) is 4.79 Å². The average molecular weight is 227 g/mol. The molecular formula is C10H13NO5. The number of cyclic esters (lactones) is 1. The van der Waals surface area contributed by atoms with Crippen molar-refractivity contribution >= 4 is 12.1 Å². The van der Waals surface area contributed by atoms with E-state index in [9.17, 15) is 9.59 Å². The van der Waals surface area contributed by atoms with Crippen molar-refractivity contribution in [2.75, 3.05) is 13.2 Å². The van der Waals surface area contributed by atoms with Crippen LogP contribution in [0.25, 0.3) is 0 Å². The van der Waals surface area contributed by atoms with Crippen molar-refractivity contribution in [3.8, 4) is 0 Å². The Morgan fingerprint density at radius 1 is 1.69 bits per heavy atom. The maximum atomic E-state index is 11.2. The standard InChI is InChI=1S/C10H13NO5/c1-3-5-15-10(13)11-7-6-8(12)16-9(7)14-4-2/h3H,1,4-6H2,2H3,(H,11,13). The van der Waals surface area contributed by atoms with Gasteiger partial charge < -0.3 is 14.2 Å². The third-order valence-electron chi connectivity index (χ3n) is 1.63. The summed E-state index contributed by atoms with van der Waals surface area (Å²) in [5.74, 6) is -0.439. The summed E-state index contributed by atoms with van der Waals surface area (Å²) in [7, 11) is 0. The Morgan fingerprint density at radius 2 is 2.44 bits per heavy atom. The third kappa shape index (κ3) is 3.30. The van der Waals surface area contributed by atoms with E-state index in [2.05, 4.69) is 11.9 Å². The summed E-state index contributed by atoms with van der Waals surface area (Å²) in [6, 6.07) is 0. The van der Waals surface area contributed by atoms with Gasteiger partial charge in [-0.15, -0.1) is 0 Å². The van der Waals surface area contributed by atoms with Crippen LogP contribution >= 0.6 is 0 Å². The Kier molecular flexibility index (Phi) is 4.38. The molecule has 1 N–H and O–H groups in total. The molecule has 0 unspecified atom stereocenters. The highest BCUT2D eigenvalue weighted by atomic mass is 16.7. The van der Waals surface area contributed by atoms with E-state index in [1.807, 2.05) is 0 Å². The molecule has 0 aromatic rings. The van der Waals surface area contributed by atoms with Crippen molar-refractivity contribution in [2.45, 2.75) is 13.3 Å². The van der Waals surface area contributed by atoms with E-state index in [4.69, 9.17) is 14.2 Å². The first kappa shape index (κ1) is 12.1. The summed E-state index contributed by atoms with van der Waals surface area (Å²) in [6.45, 7) is 5.58. The van der Waals surface area contributed by atoms with Gasteiger partial charge in [-0.1, -0.05) is 12.7 Å². The molecule has 0 radical (unpaired) electrons. The number of rotatable bonds is 5. The van der Waals surface area contributed by atoms with E-state index >= 15 is 0 Å². The molecular weight excluding hydrogens is 214 g/mol. The molecule has 0 saturated heterocycles. The normalized spacial score (nSPS) is 14.4. The maximum absolute atomic E-state index is 11.2. The molecule has 0 saturated carbocycles. The Labute approximate surface area is 92.9 Å². The SMILES string of the molecule is C=CCOC(=O)NC1=C(OCC)OC(=O)C1. The van der Waals surface area contributed by atoms with Crippen LogP contribution in [0.2, 0.25) is 0 Å². The third-order valence-corrected chi connectivity index (χ3v) is 1.63. The van der Waals surface area contributed by atoms with Gasteiger partial charge in [-0.3, -0.25) is 10.1 Å². The monoisotopic (exact) mass is 227 g/mol. The van der Waals surface area contributed by atoms with E-state index in [1.165, 1.54) is 6.08 Å². The van der Waals surface area contributed by atoms with Crippen LogP contribution in [0, 0.1) is 0 Å². The minimum atomic E-state index is -0.676. The molecule has 0 aromatic heterocycles. The molecule has 1 amide bonds. The summed E-state index contributed by atoms with van der Waals surface area (Å²) < 4.78 is 14.5. The fourth-order valence-corrected chi connectivity index (χ4v) is 1.05. The Morgan fingerprint density at radius 3 is 3.06 bits per heavy atom. The second-order valence-corrected chi connectivity index (χ2v) is 2.86. The Balaban J connectivity index is 2.55. The van der Waals surface area contributed by atoms with Gasteiger partial charge in [0.2, 0.25) is 0 Å². The first-order chi connectivity index (χ1) is 7.67. The number of alkyl carbamates (subject to hydrolysis) is 1. The largest absolute Gasteiger partial charge is 0.464 e. The van der Waals surface area contributed by atoms with Crippen LogP contribution < -0.4 is 5.32 Å². The number of carbonyl (C=O) groups is 2. The lowest BCUT2D eigenvalue weighted by atomic mass is 10.3. The summed E-state index contributed by atoms with van der Waals surface area (Å²) in [6.07, 6.45) is 0.733. The molecule has 0 aromatic carbocycles. The van der Waals surface area contributed by atoms with Crippen molar-refractivity contribution in [1.82, 2.24) is 5.32 Å². The molecule has 6 heteroatoms. The van der Waals surface area contributed by atoms with Gasteiger partial charge in [0.1, 0.15) is 12.3 Å². The fraction of sp³-hybridized carbons (Fsp3) is 0.400. The maximum Gasteiger partial charge on any atom is 0.411 e. The van der Waals surface area contributed by atoms with Crippen LogP contribution in [0.1, 0.15) is 13.3 Å². The van der Waals surface area contributed by atoms with E-state index in [0.717, 1.165) is 0 Å². The van der Waals surface area contributed by atoms with Gasteiger partial charge in [-0.25, -0.2) is 4.79 Å². The molecule has 0 aliphatic carbocycles. The average Bonchev–Trinajstić information content (AvgIpc) is 2.56. The smallest absolute Gasteiger partial charge is 0.411 e. The number of carbonyl (C=O) groups excluding carboxylic acids is 2. The van der Waals surface area contributed by atoms with Gasteiger partial charge in [-0.05, 0) is 6.92 Å². The van der Waals surface area contributed by atoms with Crippen LogP contribution in [0.3, 0.4) is 0 Å². The molecule has 0 spiro atoms. The van der Waals surface area contributed by atoms with E-state index in [0.29, 0.717) is 6.61 Å². The van der Waals surface area contributed by atoms with Crippen molar-refractivity contribution in [3.05, 3.63) is 24.3 Å². The minimum absolute atomic E-state index is 0.0292. The molecule has 1 heterocycles. The molecule has 88 valence electrons. The highest BCUT2D eigenvalue weighted by Crippen LogP contribution is 2.19. The highest BCUT2D eigenvalue weighted by molar-refractivity contribution is 5.79. The van der Waals surface area contributed by atoms with Crippen LogP contribution in [-0.4, -0.2) is 25.3 Å². The van der Waals surface area contributed by atoms with E-state index < -0.39 is 12.1 Å². The number of nitrogens with one attached hydrogen (secondary N) is 1. The quantitative estimate of drug-likeness (QED) is 0.561. The highest BCUT2D eigenvalue weighted by Gasteiger charge is 2.27. The minimum Gasteiger partial charge on any atom is -0.464 e. The predicted molar refractivity (Wildman–Crippen MR) is 54.0 cm³/mol. The topological polar surface area (TPSA) is 73.9 Å². The van der Waals surface area contributed by atoms with Crippen LogP contribution in [-0.2, 0) is 19.0 Å². The number of ether oxygens (including phenoxy) is 3. The van der Waals surface area contributed by atoms with Gasteiger partial charge in [0.15, 0.2) is 0 Å². The van der Waals surface area contributed by atoms with Crippen molar-refractivity contribution in [2.24, 2.45) is 0 Å². The van der Waals surface area contributed by atoms with Gasteiger partial charge in [0.05, 0.1) is 13.0 Å². The fourth-order valence-electron chi connectivity index (χ4n) is 1.05. The van der Waals surface area contributed by atoms with E-state index in [-0.39, 0.29) is 24.7 Å². The second-order valence-electron chi connectivity index (χ2n) is 2.86. The molecule has 1 aliphatic rings. The lowest BCUT2D eigenvalue weighted by molar-refractivity contribution is -0.140. The Bertz CT molecular complexity index is 334. The first-order valence-corrected chi connectivity index (χ1v) is 4.78. The van der Waals surface area contributed by atoms with Crippen LogP contribution in [0.5, 0.6) is 0 Å². The Hall–Kier alpha value is -1.98. The van der Waals surface area contributed by atoms with Crippen molar-refractivity contribution in [1.29, 1.82) is 0 Å². The zero-order chi connectivity index (χ0) is 12.0. The summed E-state index contributed by atoms with van der Waals surface area (Å²) >= 11 is 0. The van der Waals surface area contributed by atoms with Gasteiger partial charge in [-0.2, -0.15) is 0 Å². The number of amides is 1. The predicted octanol–water partition coefficient (Wildman–Crippen LogP) is 1.05. The number of hydrogen-bond acceptors (Lipinski definition) is 5. The number of esters is 1. The lowest BCUT2D eigenvalue weighted by Crippen LogP contribution is -2.24.